The molecule has 0 aliphatic heterocycles. The minimum atomic E-state index is -0.362. The van der Waals surface area contributed by atoms with Gasteiger partial charge in [0.05, 0.1) is 20.8 Å². The highest BCUT2D eigenvalue weighted by molar-refractivity contribution is 5.94. The van der Waals surface area contributed by atoms with Crippen molar-refractivity contribution in [1.82, 2.24) is 0 Å². The van der Waals surface area contributed by atoms with Gasteiger partial charge in [-0.2, -0.15) is 0 Å². The van der Waals surface area contributed by atoms with Crippen LogP contribution in [0.25, 0.3) is 0 Å². The van der Waals surface area contributed by atoms with Crippen molar-refractivity contribution in [3.05, 3.63) is 29.3 Å². The Kier molecular flexibility index (Phi) is 8.80. The van der Waals surface area contributed by atoms with Gasteiger partial charge in [0.25, 0.3) is 0 Å². The summed E-state index contributed by atoms with van der Waals surface area (Å²) in [5, 5.41) is 0. The van der Waals surface area contributed by atoms with Crippen LogP contribution in [0.5, 0.6) is 5.75 Å². The molecule has 0 aliphatic rings. The van der Waals surface area contributed by atoms with Crippen molar-refractivity contribution in [2.24, 2.45) is 0 Å². The number of esters is 2. The van der Waals surface area contributed by atoms with Crippen LogP contribution >= 0.6 is 0 Å². The molecule has 0 radical (unpaired) electrons. The van der Waals surface area contributed by atoms with Crippen molar-refractivity contribution in [1.29, 1.82) is 0 Å². The molecular formula is C18H26O5. The first kappa shape index (κ1) is 19.0. The van der Waals surface area contributed by atoms with E-state index in [1.807, 2.05) is 12.1 Å². The average molecular weight is 322 g/mol. The van der Waals surface area contributed by atoms with Gasteiger partial charge in [0, 0.05) is 6.92 Å². The van der Waals surface area contributed by atoms with Crippen LogP contribution in [-0.4, -0.2) is 32.8 Å². The van der Waals surface area contributed by atoms with Gasteiger partial charge in [-0.15, -0.1) is 0 Å². The van der Waals surface area contributed by atoms with Crippen LogP contribution in [-0.2, 0) is 20.7 Å². The Morgan fingerprint density at radius 3 is 2.35 bits per heavy atom. The third-order valence-electron chi connectivity index (χ3n) is 3.62. The van der Waals surface area contributed by atoms with Crippen LogP contribution in [0.2, 0.25) is 0 Å². The molecule has 0 aliphatic carbocycles. The van der Waals surface area contributed by atoms with E-state index in [0.717, 1.165) is 44.1 Å². The summed E-state index contributed by atoms with van der Waals surface area (Å²) in [6.45, 7) is 1.92. The van der Waals surface area contributed by atoms with Gasteiger partial charge in [0.15, 0.2) is 0 Å². The fourth-order valence-electron chi connectivity index (χ4n) is 2.45. The summed E-state index contributed by atoms with van der Waals surface area (Å²) in [5.74, 6) is -0.0343. The maximum Gasteiger partial charge on any atom is 0.341 e. The van der Waals surface area contributed by atoms with Crippen LogP contribution in [0, 0.1) is 0 Å². The molecule has 0 heterocycles. The first-order valence-electron chi connectivity index (χ1n) is 7.97. The van der Waals surface area contributed by atoms with Crippen LogP contribution in [0.3, 0.4) is 0 Å². The topological polar surface area (TPSA) is 61.8 Å². The third-order valence-corrected chi connectivity index (χ3v) is 3.62. The maximum absolute atomic E-state index is 11.9. The highest BCUT2D eigenvalue weighted by atomic mass is 16.5. The van der Waals surface area contributed by atoms with Gasteiger partial charge in [-0.25, -0.2) is 4.79 Å². The Hall–Kier alpha value is -2.04. The number of aryl methyl sites for hydroxylation is 1. The molecule has 0 saturated heterocycles. The number of ether oxygens (including phenoxy) is 3. The number of hydrogen-bond donors (Lipinski definition) is 0. The molecule has 0 unspecified atom stereocenters. The first-order valence-corrected chi connectivity index (χ1v) is 7.97. The molecule has 0 bridgehead atoms. The van der Waals surface area contributed by atoms with Crippen molar-refractivity contribution >= 4 is 11.9 Å². The standard InChI is InChI=1S/C18H26O5/c1-14(19)23-13-8-6-4-5-7-10-15-11-9-12-16(21-2)17(15)18(20)22-3/h9,11-12H,4-8,10,13H2,1-3H3. The van der Waals surface area contributed by atoms with Crippen molar-refractivity contribution in [2.45, 2.75) is 45.4 Å². The second-order valence-electron chi connectivity index (χ2n) is 5.34. The zero-order valence-electron chi connectivity index (χ0n) is 14.2. The smallest absolute Gasteiger partial charge is 0.341 e. The fraction of sp³-hybridized carbons (Fsp3) is 0.556. The minimum absolute atomic E-state index is 0.224. The highest BCUT2D eigenvalue weighted by Gasteiger charge is 2.17. The van der Waals surface area contributed by atoms with Gasteiger partial charge in [-0.3, -0.25) is 4.79 Å². The molecule has 1 rings (SSSR count). The van der Waals surface area contributed by atoms with Gasteiger partial charge in [0.1, 0.15) is 11.3 Å². The number of benzene rings is 1. The quantitative estimate of drug-likeness (QED) is 0.487. The zero-order chi connectivity index (χ0) is 17.1. The molecule has 23 heavy (non-hydrogen) atoms. The van der Waals surface area contributed by atoms with E-state index in [4.69, 9.17) is 14.2 Å². The SMILES string of the molecule is COC(=O)c1c(CCCCCCCOC(C)=O)cccc1OC. The van der Waals surface area contributed by atoms with E-state index < -0.39 is 0 Å². The third kappa shape index (κ3) is 6.72. The molecule has 1 aromatic rings. The predicted octanol–water partition coefficient (Wildman–Crippen LogP) is 3.54. The molecule has 0 atom stereocenters. The van der Waals surface area contributed by atoms with E-state index in [0.29, 0.717) is 17.9 Å². The number of hydrogen-bond acceptors (Lipinski definition) is 5. The zero-order valence-corrected chi connectivity index (χ0v) is 14.2. The lowest BCUT2D eigenvalue weighted by atomic mass is 9.99. The Morgan fingerprint density at radius 1 is 1.00 bits per heavy atom. The van der Waals surface area contributed by atoms with E-state index in [1.165, 1.54) is 14.0 Å². The molecule has 0 spiro atoms. The van der Waals surface area contributed by atoms with Gasteiger partial charge >= 0.3 is 11.9 Å². The summed E-state index contributed by atoms with van der Waals surface area (Å²) >= 11 is 0. The summed E-state index contributed by atoms with van der Waals surface area (Å²) in [6, 6.07) is 5.60. The van der Waals surface area contributed by atoms with Gasteiger partial charge in [-0.05, 0) is 30.9 Å². The van der Waals surface area contributed by atoms with Crippen LogP contribution in [0.4, 0.5) is 0 Å². The second kappa shape index (κ2) is 10.6. The molecule has 0 saturated carbocycles. The summed E-state index contributed by atoms with van der Waals surface area (Å²) in [5.41, 5.74) is 1.48. The molecule has 0 aromatic heterocycles. The van der Waals surface area contributed by atoms with Crippen molar-refractivity contribution in [2.75, 3.05) is 20.8 Å². The van der Waals surface area contributed by atoms with Crippen LogP contribution in [0.15, 0.2) is 18.2 Å². The molecule has 0 N–H and O–H groups in total. The first-order chi connectivity index (χ1) is 11.1. The number of carbonyl (C=O) groups excluding carboxylic acids is 2. The van der Waals surface area contributed by atoms with Crippen molar-refractivity contribution in [3.8, 4) is 5.75 Å². The van der Waals surface area contributed by atoms with E-state index in [-0.39, 0.29) is 11.9 Å². The number of carbonyl (C=O) groups is 2. The minimum Gasteiger partial charge on any atom is -0.496 e. The molecule has 0 amide bonds. The number of unbranched alkanes of at least 4 members (excludes halogenated alkanes) is 4. The van der Waals surface area contributed by atoms with E-state index in [1.54, 1.807) is 13.2 Å². The molecule has 5 heteroatoms. The summed E-state index contributed by atoms with van der Waals surface area (Å²) in [4.78, 5) is 22.6. The van der Waals surface area contributed by atoms with Crippen molar-refractivity contribution in [3.63, 3.8) is 0 Å². The summed E-state index contributed by atoms with van der Waals surface area (Å²) in [7, 11) is 2.93. The summed E-state index contributed by atoms with van der Waals surface area (Å²) in [6.07, 6.45) is 5.88. The maximum atomic E-state index is 11.9. The Bertz CT molecular complexity index is 510. The highest BCUT2D eigenvalue weighted by Crippen LogP contribution is 2.24. The molecule has 0 fully saturated rings. The lowest BCUT2D eigenvalue weighted by molar-refractivity contribution is -0.141. The van der Waals surface area contributed by atoms with E-state index in [9.17, 15) is 9.59 Å². The normalized spacial score (nSPS) is 10.2. The predicted molar refractivity (Wildman–Crippen MR) is 87.8 cm³/mol. The second-order valence-corrected chi connectivity index (χ2v) is 5.34. The van der Waals surface area contributed by atoms with Crippen LogP contribution < -0.4 is 4.74 Å². The average Bonchev–Trinajstić information content (AvgIpc) is 2.55. The lowest BCUT2D eigenvalue weighted by Crippen LogP contribution is -2.08. The van der Waals surface area contributed by atoms with Gasteiger partial charge < -0.3 is 14.2 Å². The Balaban J connectivity index is 2.40. The monoisotopic (exact) mass is 322 g/mol. The van der Waals surface area contributed by atoms with Gasteiger partial charge in [0.2, 0.25) is 0 Å². The largest absolute Gasteiger partial charge is 0.496 e. The molecular weight excluding hydrogens is 296 g/mol. The summed E-state index contributed by atoms with van der Waals surface area (Å²) < 4.78 is 15.0. The van der Waals surface area contributed by atoms with E-state index >= 15 is 0 Å². The Labute approximate surface area is 137 Å². The molecule has 1 aromatic carbocycles. The lowest BCUT2D eigenvalue weighted by Gasteiger charge is -2.12. The van der Waals surface area contributed by atoms with Crippen molar-refractivity contribution < 1.29 is 23.8 Å². The Morgan fingerprint density at radius 2 is 1.70 bits per heavy atom. The van der Waals surface area contributed by atoms with Gasteiger partial charge in [-0.1, -0.05) is 31.4 Å². The molecule has 128 valence electrons. The molecule has 5 nitrogen and oxygen atoms in total. The van der Waals surface area contributed by atoms with Crippen LogP contribution in [0.1, 0.15) is 54.9 Å². The number of rotatable bonds is 10. The fourth-order valence-corrected chi connectivity index (χ4v) is 2.45. The number of methoxy groups -OCH3 is 2. The van der Waals surface area contributed by atoms with E-state index in [2.05, 4.69) is 0 Å².